The highest BCUT2D eigenvalue weighted by Gasteiger charge is 2.03. The van der Waals surface area contributed by atoms with Crippen molar-refractivity contribution in [2.45, 2.75) is 6.92 Å². The summed E-state index contributed by atoms with van der Waals surface area (Å²) < 4.78 is 0. The Morgan fingerprint density at radius 3 is 2.15 bits per heavy atom. The number of aryl methyl sites for hydroxylation is 1. The normalized spacial score (nSPS) is 11.8. The monoisotopic (exact) mass is 264 g/mol. The molecule has 2 nitrogen and oxygen atoms in total. The van der Waals surface area contributed by atoms with Crippen molar-refractivity contribution in [3.05, 3.63) is 89.5 Å². The molecule has 0 aliphatic carbocycles. The zero-order chi connectivity index (χ0) is 14.4. The van der Waals surface area contributed by atoms with E-state index in [9.17, 15) is 4.79 Å². The van der Waals surface area contributed by atoms with Crippen LogP contribution in [0.4, 0.5) is 0 Å². The Morgan fingerprint density at radius 1 is 0.950 bits per heavy atom. The average molecular weight is 264 g/mol. The lowest BCUT2D eigenvalue weighted by Crippen LogP contribution is -1.89. The van der Waals surface area contributed by atoms with Crippen LogP contribution in [0.25, 0.3) is 5.57 Å². The number of carboxylic acids is 1. The van der Waals surface area contributed by atoms with Crippen molar-refractivity contribution in [3.63, 3.8) is 0 Å². The van der Waals surface area contributed by atoms with Gasteiger partial charge in [0.15, 0.2) is 0 Å². The van der Waals surface area contributed by atoms with Crippen molar-refractivity contribution in [1.29, 1.82) is 0 Å². The molecule has 0 spiro atoms. The van der Waals surface area contributed by atoms with E-state index in [2.05, 4.69) is 0 Å². The molecule has 0 unspecified atom stereocenters. The highest BCUT2D eigenvalue weighted by Crippen LogP contribution is 2.23. The number of carbonyl (C=O) groups is 1. The molecule has 0 saturated carbocycles. The topological polar surface area (TPSA) is 37.3 Å². The van der Waals surface area contributed by atoms with E-state index >= 15 is 0 Å². The van der Waals surface area contributed by atoms with Crippen LogP contribution in [-0.4, -0.2) is 11.1 Å². The summed E-state index contributed by atoms with van der Waals surface area (Å²) in [5, 5.41) is 8.69. The SMILES string of the molecule is Cc1ccc(/C(=C\C=C\C(=O)O)c2ccccc2)cc1. The van der Waals surface area contributed by atoms with E-state index in [0.717, 1.165) is 22.8 Å². The number of hydrogen-bond acceptors (Lipinski definition) is 1. The van der Waals surface area contributed by atoms with Gasteiger partial charge in [0.05, 0.1) is 0 Å². The summed E-state index contributed by atoms with van der Waals surface area (Å²) in [7, 11) is 0. The highest BCUT2D eigenvalue weighted by atomic mass is 16.4. The summed E-state index contributed by atoms with van der Waals surface area (Å²) in [5.41, 5.74) is 4.33. The van der Waals surface area contributed by atoms with Crippen LogP contribution in [0.3, 0.4) is 0 Å². The summed E-state index contributed by atoms with van der Waals surface area (Å²) in [6.07, 6.45) is 4.52. The number of benzene rings is 2. The van der Waals surface area contributed by atoms with Crippen molar-refractivity contribution in [2.75, 3.05) is 0 Å². The first-order valence-electron chi connectivity index (χ1n) is 6.40. The predicted molar refractivity (Wildman–Crippen MR) is 81.5 cm³/mol. The van der Waals surface area contributed by atoms with Gasteiger partial charge < -0.3 is 5.11 Å². The molecule has 0 amide bonds. The zero-order valence-corrected chi connectivity index (χ0v) is 11.3. The molecule has 2 aromatic carbocycles. The van der Waals surface area contributed by atoms with Gasteiger partial charge in [-0.25, -0.2) is 4.79 Å². The third-order valence-corrected chi connectivity index (χ3v) is 2.95. The highest BCUT2D eigenvalue weighted by molar-refractivity contribution is 5.84. The number of hydrogen-bond donors (Lipinski definition) is 1. The molecule has 0 saturated heterocycles. The number of rotatable bonds is 4. The summed E-state index contributed by atoms with van der Waals surface area (Å²) in [6.45, 7) is 2.04. The first-order chi connectivity index (χ1) is 9.66. The van der Waals surface area contributed by atoms with E-state index in [-0.39, 0.29) is 0 Å². The van der Waals surface area contributed by atoms with Gasteiger partial charge in [-0.2, -0.15) is 0 Å². The lowest BCUT2D eigenvalue weighted by Gasteiger charge is -2.08. The molecule has 2 heteroatoms. The number of aliphatic carboxylic acids is 1. The molecule has 0 aromatic heterocycles. The van der Waals surface area contributed by atoms with E-state index in [4.69, 9.17) is 5.11 Å². The molecule has 1 N–H and O–H groups in total. The molecule has 0 fully saturated rings. The minimum Gasteiger partial charge on any atom is -0.478 e. The molecule has 2 rings (SSSR count). The molecule has 0 aliphatic heterocycles. The van der Waals surface area contributed by atoms with E-state index in [1.165, 1.54) is 5.56 Å². The van der Waals surface area contributed by atoms with Crippen LogP contribution in [-0.2, 0) is 4.79 Å². The smallest absolute Gasteiger partial charge is 0.328 e. The Bertz CT molecular complexity index is 635. The summed E-state index contributed by atoms with van der Waals surface area (Å²) in [4.78, 5) is 10.6. The van der Waals surface area contributed by atoms with Crippen molar-refractivity contribution in [3.8, 4) is 0 Å². The zero-order valence-electron chi connectivity index (χ0n) is 11.3. The van der Waals surface area contributed by atoms with Crippen LogP contribution in [0, 0.1) is 6.92 Å². The van der Waals surface area contributed by atoms with Crippen molar-refractivity contribution in [2.24, 2.45) is 0 Å². The van der Waals surface area contributed by atoms with Crippen LogP contribution in [0.1, 0.15) is 16.7 Å². The van der Waals surface area contributed by atoms with Crippen molar-refractivity contribution < 1.29 is 9.90 Å². The maximum atomic E-state index is 10.6. The van der Waals surface area contributed by atoms with Crippen molar-refractivity contribution >= 4 is 11.5 Å². The molecule has 0 bridgehead atoms. The lowest BCUT2D eigenvalue weighted by atomic mass is 9.97. The molecule has 100 valence electrons. The Morgan fingerprint density at radius 2 is 1.55 bits per heavy atom. The van der Waals surface area contributed by atoms with Gasteiger partial charge in [-0.1, -0.05) is 72.3 Å². The second-order valence-electron chi connectivity index (χ2n) is 4.51. The van der Waals surface area contributed by atoms with E-state index in [0.29, 0.717) is 0 Å². The van der Waals surface area contributed by atoms with E-state index in [1.54, 1.807) is 6.08 Å². The summed E-state index contributed by atoms with van der Waals surface area (Å²) in [6, 6.07) is 18.1. The third kappa shape index (κ3) is 3.69. The van der Waals surface area contributed by atoms with Crippen molar-refractivity contribution in [1.82, 2.24) is 0 Å². The minimum atomic E-state index is -0.947. The predicted octanol–water partition coefficient (Wildman–Crippen LogP) is 4.07. The fourth-order valence-electron chi connectivity index (χ4n) is 1.94. The second-order valence-corrected chi connectivity index (χ2v) is 4.51. The van der Waals surface area contributed by atoms with Crippen LogP contribution in [0.15, 0.2) is 72.8 Å². The standard InChI is InChI=1S/C18H16O2/c1-14-10-12-16(13-11-14)17(8-5-9-18(19)20)15-6-3-2-4-7-15/h2-13H,1H3,(H,19,20)/b9-5+,17-8-. The summed E-state index contributed by atoms with van der Waals surface area (Å²) >= 11 is 0. The van der Waals surface area contributed by atoms with Crippen LogP contribution in [0.2, 0.25) is 0 Å². The number of carboxylic acid groups (broad SMARTS) is 1. The van der Waals surface area contributed by atoms with Gasteiger partial charge in [0.1, 0.15) is 0 Å². The Kier molecular flexibility index (Phi) is 4.51. The van der Waals surface area contributed by atoms with E-state index in [1.807, 2.05) is 67.6 Å². The van der Waals surface area contributed by atoms with Gasteiger partial charge in [-0.15, -0.1) is 0 Å². The lowest BCUT2D eigenvalue weighted by molar-refractivity contribution is -0.131. The Balaban J connectivity index is 2.44. The molecule has 0 radical (unpaired) electrons. The van der Waals surface area contributed by atoms with E-state index < -0.39 is 5.97 Å². The molecule has 20 heavy (non-hydrogen) atoms. The van der Waals surface area contributed by atoms with Crippen LogP contribution < -0.4 is 0 Å². The second kappa shape index (κ2) is 6.53. The summed E-state index contributed by atoms with van der Waals surface area (Å²) in [5.74, 6) is -0.947. The van der Waals surface area contributed by atoms with Gasteiger partial charge in [-0.3, -0.25) is 0 Å². The fraction of sp³-hybridized carbons (Fsp3) is 0.0556. The molecule has 2 aromatic rings. The molecule has 0 heterocycles. The van der Waals surface area contributed by atoms with Crippen LogP contribution >= 0.6 is 0 Å². The van der Waals surface area contributed by atoms with Crippen LogP contribution in [0.5, 0.6) is 0 Å². The molecule has 0 aliphatic rings. The van der Waals surface area contributed by atoms with Gasteiger partial charge in [0.2, 0.25) is 0 Å². The van der Waals surface area contributed by atoms with Gasteiger partial charge >= 0.3 is 5.97 Å². The largest absolute Gasteiger partial charge is 0.478 e. The Hall–Kier alpha value is -2.61. The van der Waals surface area contributed by atoms with Gasteiger partial charge in [0, 0.05) is 6.08 Å². The molecular formula is C18H16O2. The number of allylic oxidation sites excluding steroid dienone is 2. The first kappa shape index (κ1) is 13.8. The maximum absolute atomic E-state index is 10.6. The molecular weight excluding hydrogens is 248 g/mol. The van der Waals surface area contributed by atoms with Gasteiger partial charge in [0.25, 0.3) is 0 Å². The maximum Gasteiger partial charge on any atom is 0.328 e. The van der Waals surface area contributed by atoms with Gasteiger partial charge in [-0.05, 0) is 23.6 Å². The first-order valence-corrected chi connectivity index (χ1v) is 6.40. The fourth-order valence-corrected chi connectivity index (χ4v) is 1.94. The third-order valence-electron chi connectivity index (χ3n) is 2.95. The quantitative estimate of drug-likeness (QED) is 0.667. The minimum absolute atomic E-state index is 0.947. The average Bonchev–Trinajstić information content (AvgIpc) is 2.46. The molecule has 0 atom stereocenters. The Labute approximate surface area is 118 Å².